The molecule has 1 aromatic heterocycles. The van der Waals surface area contributed by atoms with Crippen LogP contribution in [0.15, 0.2) is 34.9 Å². The summed E-state index contributed by atoms with van der Waals surface area (Å²) >= 11 is 3.31. The number of hydrogen-bond acceptors (Lipinski definition) is 2. The van der Waals surface area contributed by atoms with E-state index in [1.54, 1.807) is 10.7 Å². The normalized spacial score (nSPS) is 12.6. The third-order valence-electron chi connectivity index (χ3n) is 3.00. The van der Waals surface area contributed by atoms with E-state index in [9.17, 15) is 4.39 Å². The largest absolute Gasteiger partial charge is 0.309 e. The van der Waals surface area contributed by atoms with Gasteiger partial charge in [0.05, 0.1) is 16.2 Å². The summed E-state index contributed by atoms with van der Waals surface area (Å²) < 4.78 is 15.8. The van der Waals surface area contributed by atoms with E-state index in [0.717, 1.165) is 17.8 Å². The summed E-state index contributed by atoms with van der Waals surface area (Å²) in [6.45, 7) is 2.89. The maximum Gasteiger partial charge on any atom is 0.137 e. The van der Waals surface area contributed by atoms with Crippen LogP contribution in [0.1, 0.15) is 24.2 Å². The Kier molecular flexibility index (Phi) is 4.71. The molecular formula is C14H17BrFN3. The van der Waals surface area contributed by atoms with Crippen LogP contribution in [0.5, 0.6) is 0 Å². The highest BCUT2D eigenvalue weighted by Gasteiger charge is 2.16. The lowest BCUT2D eigenvalue weighted by Crippen LogP contribution is -2.23. The van der Waals surface area contributed by atoms with E-state index in [1.165, 1.54) is 6.07 Å². The van der Waals surface area contributed by atoms with E-state index in [4.69, 9.17) is 0 Å². The summed E-state index contributed by atoms with van der Waals surface area (Å²) in [6, 6.07) is 7.19. The first-order valence-corrected chi connectivity index (χ1v) is 7.07. The number of hydrogen-bond donors (Lipinski definition) is 1. The zero-order chi connectivity index (χ0) is 13.8. The van der Waals surface area contributed by atoms with Crippen molar-refractivity contribution >= 4 is 15.9 Å². The molecule has 0 amide bonds. The van der Waals surface area contributed by atoms with E-state index in [0.29, 0.717) is 10.9 Å². The first-order chi connectivity index (χ1) is 9.11. The first-order valence-electron chi connectivity index (χ1n) is 6.27. The molecule has 0 aliphatic heterocycles. The highest BCUT2D eigenvalue weighted by atomic mass is 79.9. The standard InChI is InChI=1S/C14H17BrFN3/c1-3-17-13(12-7-8-19(2)18-12)9-10-5-4-6-11(16)14(10)15/h4-8,13,17H,3,9H2,1-2H3. The molecule has 102 valence electrons. The minimum Gasteiger partial charge on any atom is -0.309 e. The summed E-state index contributed by atoms with van der Waals surface area (Å²) in [4.78, 5) is 0. The molecule has 0 aliphatic carbocycles. The molecule has 0 radical (unpaired) electrons. The third kappa shape index (κ3) is 3.42. The molecule has 2 rings (SSSR count). The molecule has 1 aromatic carbocycles. The second-order valence-electron chi connectivity index (χ2n) is 4.44. The maximum absolute atomic E-state index is 13.5. The van der Waals surface area contributed by atoms with Gasteiger partial charge < -0.3 is 5.32 Å². The average Bonchev–Trinajstić information content (AvgIpc) is 2.81. The van der Waals surface area contributed by atoms with Crippen molar-refractivity contribution in [3.63, 3.8) is 0 Å². The smallest absolute Gasteiger partial charge is 0.137 e. The number of nitrogens with one attached hydrogen (secondary N) is 1. The van der Waals surface area contributed by atoms with Crippen LogP contribution in [0, 0.1) is 5.82 Å². The number of likely N-dealkylation sites (N-methyl/N-ethyl adjacent to an activating group) is 1. The lowest BCUT2D eigenvalue weighted by Gasteiger charge is -2.16. The van der Waals surface area contributed by atoms with Crippen molar-refractivity contribution in [2.45, 2.75) is 19.4 Å². The number of benzene rings is 1. The predicted octanol–water partition coefficient (Wildman–Crippen LogP) is 3.22. The molecule has 0 saturated heterocycles. The van der Waals surface area contributed by atoms with Gasteiger partial charge in [0, 0.05) is 13.2 Å². The molecule has 3 nitrogen and oxygen atoms in total. The molecule has 0 saturated carbocycles. The quantitative estimate of drug-likeness (QED) is 0.914. The van der Waals surface area contributed by atoms with Gasteiger partial charge in [-0.2, -0.15) is 5.10 Å². The van der Waals surface area contributed by atoms with Crippen molar-refractivity contribution in [1.82, 2.24) is 15.1 Å². The molecule has 2 aromatic rings. The van der Waals surface area contributed by atoms with Crippen LogP contribution in [-0.2, 0) is 13.5 Å². The van der Waals surface area contributed by atoms with Crippen molar-refractivity contribution in [1.29, 1.82) is 0 Å². The minimum atomic E-state index is -0.228. The van der Waals surface area contributed by atoms with Crippen molar-refractivity contribution < 1.29 is 4.39 Å². The molecule has 19 heavy (non-hydrogen) atoms. The van der Waals surface area contributed by atoms with Gasteiger partial charge in [-0.25, -0.2) is 4.39 Å². The molecule has 5 heteroatoms. The van der Waals surface area contributed by atoms with E-state index in [2.05, 4.69) is 33.3 Å². The van der Waals surface area contributed by atoms with Gasteiger partial charge in [0.15, 0.2) is 0 Å². The van der Waals surface area contributed by atoms with E-state index in [-0.39, 0.29) is 11.9 Å². The van der Waals surface area contributed by atoms with Gasteiger partial charge in [-0.05, 0) is 46.6 Å². The van der Waals surface area contributed by atoms with Gasteiger partial charge in [-0.1, -0.05) is 19.1 Å². The SMILES string of the molecule is CCNC(Cc1cccc(F)c1Br)c1ccn(C)n1. The molecule has 1 atom stereocenters. The van der Waals surface area contributed by atoms with Gasteiger partial charge in [0.2, 0.25) is 0 Å². The molecule has 0 fully saturated rings. The predicted molar refractivity (Wildman–Crippen MR) is 77.4 cm³/mol. The topological polar surface area (TPSA) is 29.9 Å². The van der Waals surface area contributed by atoms with Crippen molar-refractivity contribution in [2.75, 3.05) is 6.54 Å². The zero-order valence-electron chi connectivity index (χ0n) is 11.0. The molecule has 0 spiro atoms. The van der Waals surface area contributed by atoms with E-state index in [1.807, 2.05) is 25.4 Å². The molecule has 0 bridgehead atoms. The van der Waals surface area contributed by atoms with Crippen LogP contribution in [0.3, 0.4) is 0 Å². The monoisotopic (exact) mass is 325 g/mol. The fourth-order valence-electron chi connectivity index (χ4n) is 2.07. The van der Waals surface area contributed by atoms with E-state index >= 15 is 0 Å². The number of aryl methyl sites for hydroxylation is 1. The molecule has 1 unspecified atom stereocenters. The van der Waals surface area contributed by atoms with Gasteiger partial charge in [0.1, 0.15) is 5.82 Å². The van der Waals surface area contributed by atoms with E-state index < -0.39 is 0 Å². The molecular weight excluding hydrogens is 309 g/mol. The van der Waals surface area contributed by atoms with Crippen molar-refractivity contribution in [2.24, 2.45) is 7.05 Å². The molecule has 1 N–H and O–H groups in total. The Labute approximate surface area is 121 Å². The van der Waals surface area contributed by atoms with Crippen LogP contribution in [0.4, 0.5) is 4.39 Å². The maximum atomic E-state index is 13.5. The second-order valence-corrected chi connectivity index (χ2v) is 5.23. The number of rotatable bonds is 5. The number of aromatic nitrogens is 2. The number of nitrogens with zero attached hydrogens (tertiary/aromatic N) is 2. The van der Waals surface area contributed by atoms with Gasteiger partial charge in [-0.15, -0.1) is 0 Å². The molecule has 1 heterocycles. The Morgan fingerprint density at radius 2 is 2.21 bits per heavy atom. The number of halogens is 2. The van der Waals surface area contributed by atoms with Crippen LogP contribution in [0.25, 0.3) is 0 Å². The Hall–Kier alpha value is -1.20. The average molecular weight is 326 g/mol. The second kappa shape index (κ2) is 6.30. The highest BCUT2D eigenvalue weighted by Crippen LogP contribution is 2.25. The summed E-state index contributed by atoms with van der Waals surface area (Å²) in [5, 5.41) is 7.81. The highest BCUT2D eigenvalue weighted by molar-refractivity contribution is 9.10. The lowest BCUT2D eigenvalue weighted by molar-refractivity contribution is 0.524. The summed E-state index contributed by atoms with van der Waals surface area (Å²) in [5.74, 6) is -0.228. The van der Waals surface area contributed by atoms with Crippen molar-refractivity contribution in [3.8, 4) is 0 Å². The lowest BCUT2D eigenvalue weighted by atomic mass is 10.0. The van der Waals surface area contributed by atoms with Crippen molar-refractivity contribution in [3.05, 3.63) is 52.0 Å². The van der Waals surface area contributed by atoms with Crippen LogP contribution in [-0.4, -0.2) is 16.3 Å². The van der Waals surface area contributed by atoms with Gasteiger partial charge in [-0.3, -0.25) is 4.68 Å². The zero-order valence-corrected chi connectivity index (χ0v) is 12.6. The fourth-order valence-corrected chi connectivity index (χ4v) is 2.50. The first kappa shape index (κ1) is 14.2. The van der Waals surface area contributed by atoms with Gasteiger partial charge in [0.25, 0.3) is 0 Å². The van der Waals surface area contributed by atoms with Crippen LogP contribution in [0.2, 0.25) is 0 Å². The Bertz CT molecular complexity index is 553. The minimum absolute atomic E-state index is 0.0873. The summed E-state index contributed by atoms with van der Waals surface area (Å²) in [5.41, 5.74) is 1.91. The fraction of sp³-hybridized carbons (Fsp3) is 0.357. The Morgan fingerprint density at radius 1 is 1.42 bits per heavy atom. The van der Waals surface area contributed by atoms with Gasteiger partial charge >= 0.3 is 0 Å². The Balaban J connectivity index is 2.23. The third-order valence-corrected chi connectivity index (χ3v) is 3.89. The Morgan fingerprint density at radius 3 is 2.84 bits per heavy atom. The summed E-state index contributed by atoms with van der Waals surface area (Å²) in [6.07, 6.45) is 2.61. The summed E-state index contributed by atoms with van der Waals surface area (Å²) in [7, 11) is 1.89. The van der Waals surface area contributed by atoms with Crippen LogP contribution >= 0.6 is 15.9 Å². The van der Waals surface area contributed by atoms with Crippen LogP contribution < -0.4 is 5.32 Å². The molecule has 0 aliphatic rings.